The number of halogens is 1. The van der Waals surface area contributed by atoms with Crippen LogP contribution in [-0.2, 0) is 16.8 Å². The van der Waals surface area contributed by atoms with E-state index in [4.69, 9.17) is 0 Å². The minimum atomic E-state index is -0.973. The van der Waals surface area contributed by atoms with Crippen LogP contribution < -0.4 is 5.32 Å². The van der Waals surface area contributed by atoms with Gasteiger partial charge in [0.25, 0.3) is 0 Å². The Kier molecular flexibility index (Phi) is 7.00. The summed E-state index contributed by atoms with van der Waals surface area (Å²) in [6.45, 7) is 0. The van der Waals surface area contributed by atoms with Crippen molar-refractivity contribution in [2.24, 2.45) is 0 Å². The second-order valence-corrected chi connectivity index (χ2v) is 6.76. The lowest BCUT2D eigenvalue weighted by molar-refractivity contribution is -0.122. The molecule has 1 aromatic carbocycles. The summed E-state index contributed by atoms with van der Waals surface area (Å²) < 4.78 is 0. The first-order valence-electron chi connectivity index (χ1n) is 8.76. The lowest BCUT2D eigenvalue weighted by atomic mass is 9.80. The van der Waals surface area contributed by atoms with Crippen molar-refractivity contribution < 1.29 is 15.0 Å². The molecular weight excluding hydrogens is 352 g/mol. The summed E-state index contributed by atoms with van der Waals surface area (Å²) >= 11 is 0. The summed E-state index contributed by atoms with van der Waals surface area (Å²) in [5.41, 5.74) is 0.770. The number of benzene rings is 1. The number of nitrogens with zero attached hydrogens (tertiary/aromatic N) is 1. The maximum Gasteiger partial charge on any atom is 0.220 e. The summed E-state index contributed by atoms with van der Waals surface area (Å²) in [4.78, 5) is 16.3. The van der Waals surface area contributed by atoms with Crippen LogP contribution in [0.3, 0.4) is 0 Å². The third kappa shape index (κ3) is 5.19. The molecule has 0 radical (unpaired) electrons. The molecule has 1 aliphatic carbocycles. The minimum Gasteiger partial charge on any atom is -0.506 e. The fraction of sp³-hybridized carbons (Fsp3) is 0.400. The van der Waals surface area contributed by atoms with Crippen LogP contribution in [0.2, 0.25) is 0 Å². The molecule has 5 nitrogen and oxygen atoms in total. The number of hydrogen-bond acceptors (Lipinski definition) is 4. The molecule has 6 heteroatoms. The number of carbonyl (C=O) groups is 1. The van der Waals surface area contributed by atoms with E-state index in [0.717, 1.165) is 24.8 Å². The van der Waals surface area contributed by atoms with Crippen LogP contribution in [0.5, 0.6) is 5.75 Å². The summed E-state index contributed by atoms with van der Waals surface area (Å²) in [5.74, 6) is 0.147. The third-order valence-corrected chi connectivity index (χ3v) is 4.89. The van der Waals surface area contributed by atoms with Crippen LogP contribution in [0.15, 0.2) is 48.7 Å². The molecule has 1 aromatic heterocycles. The SMILES string of the molecule is Cl.O=C(CCc1ccccc1)N[C@H]1CC[C@@](O)(c2ccc(O)cn2)CC1. The van der Waals surface area contributed by atoms with Gasteiger partial charge in [-0.25, -0.2) is 0 Å². The van der Waals surface area contributed by atoms with Crippen LogP contribution in [-0.4, -0.2) is 27.1 Å². The Labute approximate surface area is 159 Å². The highest BCUT2D eigenvalue weighted by Gasteiger charge is 2.36. The molecule has 26 heavy (non-hydrogen) atoms. The van der Waals surface area contributed by atoms with E-state index in [0.29, 0.717) is 25.0 Å². The highest BCUT2D eigenvalue weighted by Crippen LogP contribution is 2.36. The first-order chi connectivity index (χ1) is 12.0. The zero-order valence-corrected chi connectivity index (χ0v) is 15.4. The average Bonchev–Trinajstić information content (AvgIpc) is 2.63. The van der Waals surface area contributed by atoms with Gasteiger partial charge in [-0.2, -0.15) is 0 Å². The molecule has 1 saturated carbocycles. The molecule has 1 amide bonds. The smallest absolute Gasteiger partial charge is 0.220 e. The summed E-state index contributed by atoms with van der Waals surface area (Å²) in [6, 6.07) is 13.3. The van der Waals surface area contributed by atoms with Gasteiger partial charge < -0.3 is 15.5 Å². The van der Waals surface area contributed by atoms with E-state index in [1.165, 1.54) is 12.3 Å². The van der Waals surface area contributed by atoms with Crippen molar-refractivity contribution in [2.75, 3.05) is 0 Å². The van der Waals surface area contributed by atoms with Crippen molar-refractivity contribution in [2.45, 2.75) is 50.2 Å². The van der Waals surface area contributed by atoms with Crippen molar-refractivity contribution in [1.29, 1.82) is 0 Å². The van der Waals surface area contributed by atoms with Crippen molar-refractivity contribution in [3.05, 3.63) is 59.9 Å². The first kappa shape index (κ1) is 20.2. The maximum atomic E-state index is 12.1. The van der Waals surface area contributed by atoms with Crippen LogP contribution in [0.4, 0.5) is 0 Å². The van der Waals surface area contributed by atoms with E-state index in [-0.39, 0.29) is 30.1 Å². The Morgan fingerprint density at radius 3 is 2.46 bits per heavy atom. The van der Waals surface area contributed by atoms with Crippen molar-refractivity contribution in [1.82, 2.24) is 10.3 Å². The van der Waals surface area contributed by atoms with E-state index in [9.17, 15) is 15.0 Å². The molecular formula is C20H25ClN2O3. The van der Waals surface area contributed by atoms with Crippen LogP contribution in [0.25, 0.3) is 0 Å². The Balaban J connectivity index is 0.00000243. The van der Waals surface area contributed by atoms with Gasteiger partial charge in [0.05, 0.1) is 11.9 Å². The highest BCUT2D eigenvalue weighted by molar-refractivity contribution is 5.85. The summed E-state index contributed by atoms with van der Waals surface area (Å²) in [5, 5.41) is 23.2. The highest BCUT2D eigenvalue weighted by atomic mass is 35.5. The number of aliphatic hydroxyl groups is 1. The molecule has 0 saturated heterocycles. The fourth-order valence-electron chi connectivity index (χ4n) is 3.36. The molecule has 2 aromatic rings. The molecule has 3 rings (SSSR count). The van der Waals surface area contributed by atoms with Crippen molar-refractivity contribution in [3.8, 4) is 5.75 Å². The van der Waals surface area contributed by atoms with Gasteiger partial charge >= 0.3 is 0 Å². The predicted octanol–water partition coefficient (Wildman–Crippen LogP) is 3.09. The molecule has 1 aliphatic rings. The summed E-state index contributed by atoms with van der Waals surface area (Å²) in [6.07, 6.45) is 5.10. The number of pyridine rings is 1. The van der Waals surface area contributed by atoms with Crippen LogP contribution in [0.1, 0.15) is 43.4 Å². The van der Waals surface area contributed by atoms with E-state index in [1.54, 1.807) is 6.07 Å². The van der Waals surface area contributed by atoms with Gasteiger partial charge in [0.15, 0.2) is 0 Å². The normalized spacial score (nSPS) is 22.3. The van der Waals surface area contributed by atoms with E-state index in [2.05, 4.69) is 10.3 Å². The van der Waals surface area contributed by atoms with Gasteiger partial charge in [-0.1, -0.05) is 30.3 Å². The lowest BCUT2D eigenvalue weighted by Gasteiger charge is -2.35. The molecule has 140 valence electrons. The molecule has 0 atom stereocenters. The number of carbonyl (C=O) groups excluding carboxylic acids is 1. The fourth-order valence-corrected chi connectivity index (χ4v) is 3.36. The van der Waals surface area contributed by atoms with Crippen LogP contribution in [0, 0.1) is 0 Å². The van der Waals surface area contributed by atoms with E-state index >= 15 is 0 Å². The first-order valence-corrected chi connectivity index (χ1v) is 8.76. The number of aromatic hydroxyl groups is 1. The second-order valence-electron chi connectivity index (χ2n) is 6.76. The zero-order chi connectivity index (χ0) is 17.7. The van der Waals surface area contributed by atoms with Gasteiger partial charge in [0, 0.05) is 12.5 Å². The van der Waals surface area contributed by atoms with Gasteiger partial charge in [-0.15, -0.1) is 12.4 Å². The Morgan fingerprint density at radius 1 is 1.15 bits per heavy atom. The summed E-state index contributed by atoms with van der Waals surface area (Å²) in [7, 11) is 0. The zero-order valence-electron chi connectivity index (χ0n) is 14.6. The second kappa shape index (κ2) is 9.01. The number of nitrogens with one attached hydrogen (secondary N) is 1. The molecule has 1 heterocycles. The number of rotatable bonds is 5. The van der Waals surface area contributed by atoms with E-state index < -0.39 is 5.60 Å². The molecule has 0 aliphatic heterocycles. The van der Waals surface area contributed by atoms with Gasteiger partial charge in [-0.3, -0.25) is 9.78 Å². The number of aryl methyl sites for hydroxylation is 1. The number of amides is 1. The topological polar surface area (TPSA) is 82.5 Å². The molecule has 0 spiro atoms. The predicted molar refractivity (Wildman–Crippen MR) is 102 cm³/mol. The lowest BCUT2D eigenvalue weighted by Crippen LogP contribution is -2.42. The van der Waals surface area contributed by atoms with Gasteiger partial charge in [0.2, 0.25) is 5.91 Å². The van der Waals surface area contributed by atoms with Crippen LogP contribution >= 0.6 is 12.4 Å². The Hall–Kier alpha value is -2.11. The Bertz CT molecular complexity index is 699. The largest absolute Gasteiger partial charge is 0.506 e. The van der Waals surface area contributed by atoms with Gasteiger partial charge in [-0.05, 0) is 49.8 Å². The molecule has 1 fully saturated rings. The Morgan fingerprint density at radius 2 is 1.85 bits per heavy atom. The standard InChI is InChI=1S/C20H24N2O3.ClH/c23-17-7-8-18(21-14-17)20(25)12-10-16(11-13-20)22-19(24)9-6-15-4-2-1-3-5-15;/h1-5,7-8,14,16,23,25H,6,9-13H2,(H,22,24);1H/t16-,20-;. The van der Waals surface area contributed by atoms with E-state index in [1.807, 2.05) is 30.3 Å². The monoisotopic (exact) mass is 376 g/mol. The molecule has 0 unspecified atom stereocenters. The van der Waals surface area contributed by atoms with Crippen molar-refractivity contribution in [3.63, 3.8) is 0 Å². The minimum absolute atomic E-state index is 0. The third-order valence-electron chi connectivity index (χ3n) is 4.89. The average molecular weight is 377 g/mol. The molecule has 0 bridgehead atoms. The maximum absolute atomic E-state index is 12.1. The van der Waals surface area contributed by atoms with Crippen molar-refractivity contribution >= 4 is 18.3 Å². The quantitative estimate of drug-likeness (QED) is 0.748. The number of hydrogen-bond donors (Lipinski definition) is 3. The number of aromatic nitrogens is 1. The molecule has 3 N–H and O–H groups in total. The van der Waals surface area contributed by atoms with Gasteiger partial charge in [0.1, 0.15) is 11.4 Å².